The molecule has 1 aromatic carbocycles. The van der Waals surface area contributed by atoms with Crippen LogP contribution in [0.1, 0.15) is 5.56 Å². The van der Waals surface area contributed by atoms with Gasteiger partial charge in [-0.05, 0) is 34.5 Å². The zero-order chi connectivity index (χ0) is 13.1. The second-order valence-corrected chi connectivity index (χ2v) is 4.40. The molecule has 0 amide bonds. The number of benzene rings is 1. The van der Waals surface area contributed by atoms with Crippen LogP contribution in [0.15, 0.2) is 29.0 Å². The number of hydrogen-bond acceptors (Lipinski definition) is 4. The van der Waals surface area contributed by atoms with Gasteiger partial charge in [0.1, 0.15) is 28.2 Å². The lowest BCUT2D eigenvalue weighted by Crippen LogP contribution is -1.98. The summed E-state index contributed by atoms with van der Waals surface area (Å²) < 4.78 is 19.3. The molecule has 0 aliphatic heterocycles. The lowest BCUT2D eigenvalue weighted by Gasteiger charge is -2.10. The van der Waals surface area contributed by atoms with Crippen molar-refractivity contribution in [3.63, 3.8) is 0 Å². The molecule has 0 saturated carbocycles. The first-order valence-electron chi connectivity index (χ1n) is 5.24. The molecule has 2 rings (SSSR count). The van der Waals surface area contributed by atoms with Crippen molar-refractivity contribution in [2.75, 3.05) is 12.4 Å². The number of halogens is 2. The maximum Gasteiger partial charge on any atom is 0.238 e. The van der Waals surface area contributed by atoms with E-state index in [0.29, 0.717) is 21.9 Å². The number of aryl methyl sites for hydroxylation is 1. The summed E-state index contributed by atoms with van der Waals surface area (Å²) in [6, 6.07) is 4.36. The van der Waals surface area contributed by atoms with Gasteiger partial charge in [0.05, 0.1) is 0 Å². The van der Waals surface area contributed by atoms with Gasteiger partial charge in [-0.2, -0.15) is 0 Å². The summed E-state index contributed by atoms with van der Waals surface area (Å²) in [5.41, 5.74) is 0.827. The van der Waals surface area contributed by atoms with Crippen LogP contribution >= 0.6 is 15.9 Å². The Bertz CT molecular complexity index is 577. The SMILES string of the molecule is CNc1ncnc(Oc2cc(F)ccc2C)c1Br. The Kier molecular flexibility index (Phi) is 3.76. The van der Waals surface area contributed by atoms with Crippen LogP contribution in [-0.4, -0.2) is 17.0 Å². The van der Waals surface area contributed by atoms with Crippen LogP contribution in [0, 0.1) is 12.7 Å². The van der Waals surface area contributed by atoms with E-state index in [0.717, 1.165) is 5.56 Å². The number of ether oxygens (including phenoxy) is 1. The third-order valence-electron chi connectivity index (χ3n) is 2.35. The van der Waals surface area contributed by atoms with Gasteiger partial charge in [0, 0.05) is 13.1 Å². The van der Waals surface area contributed by atoms with Crippen molar-refractivity contribution < 1.29 is 9.13 Å². The maximum absolute atomic E-state index is 13.2. The molecule has 0 saturated heterocycles. The molecule has 0 atom stereocenters. The maximum atomic E-state index is 13.2. The van der Waals surface area contributed by atoms with E-state index in [2.05, 4.69) is 31.2 Å². The minimum atomic E-state index is -0.352. The highest BCUT2D eigenvalue weighted by Crippen LogP contribution is 2.33. The van der Waals surface area contributed by atoms with Gasteiger partial charge >= 0.3 is 0 Å². The van der Waals surface area contributed by atoms with Crippen LogP contribution in [0.25, 0.3) is 0 Å². The van der Waals surface area contributed by atoms with Crippen LogP contribution in [0.4, 0.5) is 10.2 Å². The molecule has 0 aliphatic carbocycles. The minimum absolute atomic E-state index is 0.336. The number of nitrogens with one attached hydrogen (secondary N) is 1. The van der Waals surface area contributed by atoms with Crippen LogP contribution in [-0.2, 0) is 0 Å². The Balaban J connectivity index is 2.37. The van der Waals surface area contributed by atoms with Crippen molar-refractivity contribution in [1.82, 2.24) is 9.97 Å². The second-order valence-electron chi connectivity index (χ2n) is 3.60. The van der Waals surface area contributed by atoms with Crippen molar-refractivity contribution in [2.24, 2.45) is 0 Å². The smallest absolute Gasteiger partial charge is 0.238 e. The Hall–Kier alpha value is -1.69. The van der Waals surface area contributed by atoms with Crippen LogP contribution < -0.4 is 10.1 Å². The number of hydrogen-bond donors (Lipinski definition) is 1. The fourth-order valence-corrected chi connectivity index (χ4v) is 1.87. The van der Waals surface area contributed by atoms with E-state index >= 15 is 0 Å². The third kappa shape index (κ3) is 2.59. The fourth-order valence-electron chi connectivity index (χ4n) is 1.39. The molecule has 0 fully saturated rings. The Labute approximate surface area is 112 Å². The summed E-state index contributed by atoms with van der Waals surface area (Å²) in [7, 11) is 1.74. The number of anilines is 1. The van der Waals surface area contributed by atoms with Crippen molar-refractivity contribution in [3.05, 3.63) is 40.4 Å². The van der Waals surface area contributed by atoms with Crippen molar-refractivity contribution in [1.29, 1.82) is 0 Å². The van der Waals surface area contributed by atoms with E-state index in [9.17, 15) is 4.39 Å². The number of rotatable bonds is 3. The second kappa shape index (κ2) is 5.30. The first-order valence-corrected chi connectivity index (χ1v) is 6.03. The molecule has 2 aromatic rings. The van der Waals surface area contributed by atoms with E-state index < -0.39 is 0 Å². The molecule has 0 unspecified atom stereocenters. The topological polar surface area (TPSA) is 47.0 Å². The summed E-state index contributed by atoms with van der Waals surface area (Å²) in [5.74, 6) is 1.02. The highest BCUT2D eigenvalue weighted by Gasteiger charge is 2.11. The minimum Gasteiger partial charge on any atom is -0.437 e. The molecule has 0 spiro atoms. The fraction of sp³-hybridized carbons (Fsp3) is 0.167. The van der Waals surface area contributed by atoms with Gasteiger partial charge in [0.2, 0.25) is 5.88 Å². The molecule has 4 nitrogen and oxygen atoms in total. The van der Waals surface area contributed by atoms with Crippen LogP contribution in [0.5, 0.6) is 11.6 Å². The Morgan fingerprint density at radius 1 is 1.33 bits per heavy atom. The first-order chi connectivity index (χ1) is 8.61. The first kappa shape index (κ1) is 12.8. The molecule has 18 heavy (non-hydrogen) atoms. The molecule has 0 aliphatic rings. The van der Waals surface area contributed by atoms with E-state index in [-0.39, 0.29) is 5.82 Å². The number of nitrogens with zero attached hydrogens (tertiary/aromatic N) is 2. The zero-order valence-electron chi connectivity index (χ0n) is 9.87. The lowest BCUT2D eigenvalue weighted by atomic mass is 10.2. The van der Waals surface area contributed by atoms with Gasteiger partial charge in [-0.1, -0.05) is 6.07 Å². The van der Waals surface area contributed by atoms with Crippen molar-refractivity contribution in [2.45, 2.75) is 6.92 Å². The molecule has 0 radical (unpaired) electrons. The van der Waals surface area contributed by atoms with Crippen LogP contribution in [0.3, 0.4) is 0 Å². The van der Waals surface area contributed by atoms with Crippen LogP contribution in [0.2, 0.25) is 0 Å². The van der Waals surface area contributed by atoms with Gasteiger partial charge in [0.25, 0.3) is 0 Å². The van der Waals surface area contributed by atoms with Gasteiger partial charge < -0.3 is 10.1 Å². The van der Waals surface area contributed by atoms with Crippen molar-refractivity contribution >= 4 is 21.7 Å². The average Bonchev–Trinajstić information content (AvgIpc) is 2.36. The number of aromatic nitrogens is 2. The monoisotopic (exact) mass is 311 g/mol. The molecular formula is C12H11BrFN3O. The molecule has 1 N–H and O–H groups in total. The molecule has 0 bridgehead atoms. The Morgan fingerprint density at radius 2 is 2.11 bits per heavy atom. The molecular weight excluding hydrogens is 301 g/mol. The van der Waals surface area contributed by atoms with E-state index in [4.69, 9.17) is 4.74 Å². The van der Waals surface area contributed by atoms with Crippen molar-refractivity contribution in [3.8, 4) is 11.6 Å². The summed E-state index contributed by atoms with van der Waals surface area (Å²) in [6.45, 7) is 1.84. The molecule has 1 aromatic heterocycles. The Morgan fingerprint density at radius 3 is 2.83 bits per heavy atom. The van der Waals surface area contributed by atoms with Gasteiger partial charge in [-0.3, -0.25) is 0 Å². The molecule has 1 heterocycles. The normalized spacial score (nSPS) is 10.2. The van der Waals surface area contributed by atoms with Gasteiger partial charge in [-0.25, -0.2) is 14.4 Å². The standard InChI is InChI=1S/C12H11BrFN3O/c1-7-3-4-8(14)5-9(7)18-12-10(13)11(15-2)16-6-17-12/h3-6H,1-2H3,(H,15,16,17). The third-order valence-corrected chi connectivity index (χ3v) is 3.07. The zero-order valence-corrected chi connectivity index (χ0v) is 11.5. The summed E-state index contributed by atoms with van der Waals surface area (Å²) in [6.07, 6.45) is 1.38. The largest absolute Gasteiger partial charge is 0.437 e. The summed E-state index contributed by atoms with van der Waals surface area (Å²) in [4.78, 5) is 8.03. The predicted molar refractivity (Wildman–Crippen MR) is 70.5 cm³/mol. The molecule has 6 heteroatoms. The summed E-state index contributed by atoms with van der Waals surface area (Å²) >= 11 is 3.34. The lowest BCUT2D eigenvalue weighted by molar-refractivity contribution is 0.450. The van der Waals surface area contributed by atoms with E-state index in [1.54, 1.807) is 13.1 Å². The highest BCUT2D eigenvalue weighted by molar-refractivity contribution is 9.10. The average molecular weight is 312 g/mol. The van der Waals surface area contributed by atoms with E-state index in [1.807, 2.05) is 6.92 Å². The predicted octanol–water partition coefficient (Wildman–Crippen LogP) is 3.52. The van der Waals surface area contributed by atoms with Gasteiger partial charge in [-0.15, -0.1) is 0 Å². The quantitative estimate of drug-likeness (QED) is 0.942. The summed E-state index contributed by atoms with van der Waals surface area (Å²) in [5, 5.41) is 2.90. The molecule has 94 valence electrons. The van der Waals surface area contributed by atoms with Gasteiger partial charge in [0.15, 0.2) is 0 Å². The van der Waals surface area contributed by atoms with E-state index in [1.165, 1.54) is 18.5 Å². The highest BCUT2D eigenvalue weighted by atomic mass is 79.9.